The highest BCUT2D eigenvalue weighted by molar-refractivity contribution is 4.59. The lowest BCUT2D eigenvalue weighted by molar-refractivity contribution is 0.125. The molecule has 0 aliphatic heterocycles. The van der Waals surface area contributed by atoms with Gasteiger partial charge >= 0.3 is 0 Å². The van der Waals surface area contributed by atoms with E-state index in [1.807, 2.05) is 0 Å². The first kappa shape index (κ1) is 17.9. The number of rotatable bonds is 7. The third kappa shape index (κ3) is 13.9. The van der Waals surface area contributed by atoms with E-state index in [-0.39, 0.29) is 0 Å². The molecule has 0 saturated heterocycles. The third-order valence-electron chi connectivity index (χ3n) is 3.28. The fourth-order valence-corrected chi connectivity index (χ4v) is 2.08. The Morgan fingerprint density at radius 3 is 2.11 bits per heavy atom. The molecule has 1 saturated carbocycles. The maximum atomic E-state index is 5.32. The van der Waals surface area contributed by atoms with Crippen LogP contribution in [0.25, 0.3) is 0 Å². The molecule has 3 nitrogen and oxygen atoms in total. The van der Waals surface area contributed by atoms with E-state index in [0.29, 0.717) is 0 Å². The summed E-state index contributed by atoms with van der Waals surface area (Å²) in [5, 5.41) is 0. The van der Waals surface area contributed by atoms with E-state index in [4.69, 9.17) is 10.5 Å². The van der Waals surface area contributed by atoms with E-state index in [9.17, 15) is 0 Å². The molecule has 0 heterocycles. The minimum atomic E-state index is 0.730. The Morgan fingerprint density at radius 2 is 1.67 bits per heavy atom. The zero-order valence-electron chi connectivity index (χ0n) is 12.8. The van der Waals surface area contributed by atoms with Crippen molar-refractivity contribution in [3.05, 3.63) is 0 Å². The van der Waals surface area contributed by atoms with Gasteiger partial charge in [0.25, 0.3) is 0 Å². The van der Waals surface area contributed by atoms with E-state index in [2.05, 4.69) is 25.9 Å². The van der Waals surface area contributed by atoms with Gasteiger partial charge in [0.2, 0.25) is 0 Å². The van der Waals surface area contributed by atoms with Gasteiger partial charge in [0.1, 0.15) is 0 Å². The van der Waals surface area contributed by atoms with E-state index >= 15 is 0 Å². The summed E-state index contributed by atoms with van der Waals surface area (Å²) < 4.78 is 5.32. The molecule has 0 aromatic heterocycles. The smallest absolute Gasteiger partial charge is 0.0478 e. The molecule has 0 aromatic rings. The molecule has 0 atom stereocenters. The van der Waals surface area contributed by atoms with Crippen molar-refractivity contribution in [3.8, 4) is 0 Å². The molecule has 110 valence electrons. The Bertz CT molecular complexity index is 157. The van der Waals surface area contributed by atoms with Crippen molar-refractivity contribution >= 4 is 0 Å². The van der Waals surface area contributed by atoms with E-state index in [0.717, 1.165) is 45.1 Å². The number of hydrogen-bond acceptors (Lipinski definition) is 3. The highest BCUT2D eigenvalue weighted by Crippen LogP contribution is 2.22. The first-order valence-electron chi connectivity index (χ1n) is 7.59. The van der Waals surface area contributed by atoms with Gasteiger partial charge in [0.15, 0.2) is 0 Å². The number of nitrogens with zero attached hydrogens (tertiary/aromatic N) is 1. The second-order valence-electron chi connectivity index (χ2n) is 5.65. The summed E-state index contributed by atoms with van der Waals surface area (Å²) >= 11 is 0. The Hall–Kier alpha value is -0.120. The SMILES string of the molecule is CC1CCCCC1.CN(C)CCCOCCCN. The molecule has 0 aromatic carbocycles. The molecule has 1 aliphatic rings. The van der Waals surface area contributed by atoms with Gasteiger partial charge in [0.05, 0.1) is 0 Å². The summed E-state index contributed by atoms with van der Waals surface area (Å²) in [6.45, 7) is 5.86. The zero-order chi connectivity index (χ0) is 13.6. The fourth-order valence-electron chi connectivity index (χ4n) is 2.08. The fraction of sp³-hybridized carbons (Fsp3) is 1.00. The molecule has 0 spiro atoms. The first-order chi connectivity index (χ1) is 8.66. The monoisotopic (exact) mass is 258 g/mol. The maximum absolute atomic E-state index is 5.32. The topological polar surface area (TPSA) is 38.5 Å². The van der Waals surface area contributed by atoms with Gasteiger partial charge in [-0.25, -0.2) is 0 Å². The van der Waals surface area contributed by atoms with Crippen LogP contribution < -0.4 is 5.73 Å². The second kappa shape index (κ2) is 13.3. The van der Waals surface area contributed by atoms with Gasteiger partial charge in [-0.3, -0.25) is 0 Å². The van der Waals surface area contributed by atoms with Crippen LogP contribution in [0.15, 0.2) is 0 Å². The normalized spacial score (nSPS) is 16.5. The highest BCUT2D eigenvalue weighted by atomic mass is 16.5. The predicted molar refractivity (Wildman–Crippen MR) is 79.9 cm³/mol. The Labute approximate surface area is 114 Å². The highest BCUT2D eigenvalue weighted by Gasteiger charge is 2.05. The van der Waals surface area contributed by atoms with E-state index < -0.39 is 0 Å². The lowest BCUT2D eigenvalue weighted by atomic mass is 9.91. The van der Waals surface area contributed by atoms with Crippen LogP contribution in [0.1, 0.15) is 51.9 Å². The number of ether oxygens (including phenoxy) is 1. The van der Waals surface area contributed by atoms with Gasteiger partial charge in [0, 0.05) is 13.2 Å². The van der Waals surface area contributed by atoms with Crippen molar-refractivity contribution < 1.29 is 4.74 Å². The first-order valence-corrected chi connectivity index (χ1v) is 7.59. The summed E-state index contributed by atoms with van der Waals surface area (Å²) in [5.41, 5.74) is 5.30. The van der Waals surface area contributed by atoms with Crippen LogP contribution in [0.4, 0.5) is 0 Å². The van der Waals surface area contributed by atoms with Crippen LogP contribution >= 0.6 is 0 Å². The molecule has 0 radical (unpaired) electrons. The minimum absolute atomic E-state index is 0.730. The van der Waals surface area contributed by atoms with Crippen LogP contribution in [0, 0.1) is 5.92 Å². The second-order valence-corrected chi connectivity index (χ2v) is 5.65. The molecule has 1 fully saturated rings. The molecule has 1 rings (SSSR count). The Morgan fingerprint density at radius 1 is 1.06 bits per heavy atom. The molecular formula is C15H34N2O. The standard InChI is InChI=1S/C8H20N2O.C7H14/c1-10(2)6-4-8-11-7-3-5-9;1-7-5-3-2-4-6-7/h3-9H2,1-2H3;7H,2-6H2,1H3. The van der Waals surface area contributed by atoms with Gasteiger partial charge in [-0.1, -0.05) is 39.0 Å². The van der Waals surface area contributed by atoms with Crippen molar-refractivity contribution in [2.45, 2.75) is 51.9 Å². The van der Waals surface area contributed by atoms with Crippen LogP contribution in [-0.4, -0.2) is 45.3 Å². The minimum Gasteiger partial charge on any atom is -0.381 e. The summed E-state index contributed by atoms with van der Waals surface area (Å²) in [6, 6.07) is 0. The Kier molecular flexibility index (Phi) is 13.2. The maximum Gasteiger partial charge on any atom is 0.0478 e. The molecular weight excluding hydrogens is 224 g/mol. The van der Waals surface area contributed by atoms with Gasteiger partial charge in [-0.2, -0.15) is 0 Å². The molecule has 1 aliphatic carbocycles. The summed E-state index contributed by atoms with van der Waals surface area (Å²) in [7, 11) is 4.14. The number of hydrogen-bond donors (Lipinski definition) is 1. The van der Waals surface area contributed by atoms with Crippen LogP contribution in [0.2, 0.25) is 0 Å². The lowest BCUT2D eigenvalue weighted by Gasteiger charge is -2.15. The lowest BCUT2D eigenvalue weighted by Crippen LogP contribution is -2.15. The average Bonchev–Trinajstić information content (AvgIpc) is 2.35. The molecule has 18 heavy (non-hydrogen) atoms. The molecule has 0 bridgehead atoms. The average molecular weight is 258 g/mol. The van der Waals surface area contributed by atoms with Crippen molar-refractivity contribution in [1.82, 2.24) is 4.90 Å². The quantitative estimate of drug-likeness (QED) is 0.714. The van der Waals surface area contributed by atoms with Crippen molar-refractivity contribution in [1.29, 1.82) is 0 Å². The summed E-state index contributed by atoms with van der Waals surface area (Å²) in [4.78, 5) is 2.16. The molecule has 2 N–H and O–H groups in total. The van der Waals surface area contributed by atoms with Crippen LogP contribution in [0.3, 0.4) is 0 Å². The Balaban J connectivity index is 0.000000351. The summed E-state index contributed by atoms with van der Waals surface area (Å²) in [5.74, 6) is 1.04. The van der Waals surface area contributed by atoms with Crippen molar-refractivity contribution in [2.24, 2.45) is 11.7 Å². The van der Waals surface area contributed by atoms with Crippen LogP contribution in [0.5, 0.6) is 0 Å². The molecule has 3 heteroatoms. The van der Waals surface area contributed by atoms with E-state index in [1.165, 1.54) is 32.1 Å². The van der Waals surface area contributed by atoms with Crippen LogP contribution in [-0.2, 0) is 4.74 Å². The zero-order valence-corrected chi connectivity index (χ0v) is 12.8. The third-order valence-corrected chi connectivity index (χ3v) is 3.28. The van der Waals surface area contributed by atoms with Gasteiger partial charge in [-0.15, -0.1) is 0 Å². The summed E-state index contributed by atoms with van der Waals surface area (Å²) in [6.07, 6.45) is 9.52. The molecule has 0 unspecified atom stereocenters. The van der Waals surface area contributed by atoms with Gasteiger partial charge in [-0.05, 0) is 45.9 Å². The number of nitrogens with two attached hydrogens (primary N) is 1. The largest absolute Gasteiger partial charge is 0.381 e. The predicted octanol–water partition coefficient (Wildman–Crippen LogP) is 2.89. The van der Waals surface area contributed by atoms with E-state index in [1.54, 1.807) is 0 Å². The van der Waals surface area contributed by atoms with Crippen molar-refractivity contribution in [3.63, 3.8) is 0 Å². The molecule has 0 amide bonds. The van der Waals surface area contributed by atoms with Crippen molar-refractivity contribution in [2.75, 3.05) is 40.4 Å². The van der Waals surface area contributed by atoms with Gasteiger partial charge < -0.3 is 15.4 Å².